The number of rotatable bonds is 6. The fraction of sp³-hybridized carbons (Fsp3) is 0.318. The summed E-state index contributed by atoms with van der Waals surface area (Å²) in [6.07, 6.45) is 3.62. The molecule has 0 aliphatic rings. The SMILES string of the molecule is CCCC[C@@](C)(c1ccccc1)c1ccc(OC)cc1.[C-]#[O+].[C-]#[O+].[C-]#[O+].[Cr]. The molecule has 2 aromatic rings. The Morgan fingerprint density at radius 2 is 1.26 bits per heavy atom. The van der Waals surface area contributed by atoms with Crippen molar-refractivity contribution in [3.63, 3.8) is 0 Å². The Labute approximate surface area is 173 Å². The molecule has 27 heavy (non-hydrogen) atoms. The molecule has 142 valence electrons. The molecule has 0 saturated carbocycles. The molecule has 0 aliphatic heterocycles. The third kappa shape index (κ3) is 9.48. The predicted molar refractivity (Wildman–Crippen MR) is 97.2 cm³/mol. The third-order valence-corrected chi connectivity index (χ3v) is 4.17. The standard InChI is InChI=1S/C19H24O.3CO.Cr/c1-4-5-15-19(2,16-9-7-6-8-10-16)17-11-13-18(20-3)14-12-17;3*1-2;/h6-14H,4-5,15H2,1-3H3;;;;/t19-;;;;/m0..../s1. The molecule has 2 rings (SSSR count). The van der Waals surface area contributed by atoms with Crippen molar-refractivity contribution in [3.8, 4) is 5.75 Å². The number of unbranched alkanes of at least 4 members (excludes halogenated alkanes) is 1. The first kappa shape index (κ1) is 29.7. The monoisotopic (exact) mass is 404 g/mol. The summed E-state index contributed by atoms with van der Waals surface area (Å²) in [5.41, 5.74) is 2.82. The average Bonchev–Trinajstić information content (AvgIpc) is 2.77. The Kier molecular flexibility index (Phi) is 20.7. The molecule has 0 amide bonds. The quantitative estimate of drug-likeness (QED) is 0.489. The van der Waals surface area contributed by atoms with Gasteiger partial charge < -0.3 is 4.74 Å². The van der Waals surface area contributed by atoms with E-state index in [4.69, 9.17) is 18.7 Å². The van der Waals surface area contributed by atoms with E-state index in [-0.39, 0.29) is 22.8 Å². The normalized spacial score (nSPS) is 10.4. The number of hydrogen-bond acceptors (Lipinski definition) is 1. The van der Waals surface area contributed by atoms with Gasteiger partial charge in [-0.3, -0.25) is 0 Å². The average molecular weight is 404 g/mol. The zero-order valence-corrected chi connectivity index (χ0v) is 17.1. The first-order chi connectivity index (χ1) is 12.7. The number of ether oxygens (including phenoxy) is 1. The summed E-state index contributed by atoms with van der Waals surface area (Å²) in [7, 11) is 1.71. The van der Waals surface area contributed by atoms with Gasteiger partial charge in [-0.25, -0.2) is 0 Å². The van der Waals surface area contributed by atoms with Crippen LogP contribution in [0.3, 0.4) is 0 Å². The van der Waals surface area contributed by atoms with Gasteiger partial charge in [0, 0.05) is 22.8 Å². The van der Waals surface area contributed by atoms with Crippen molar-refractivity contribution in [2.75, 3.05) is 7.11 Å². The second kappa shape index (κ2) is 18.8. The van der Waals surface area contributed by atoms with Crippen LogP contribution in [0, 0.1) is 20.0 Å². The summed E-state index contributed by atoms with van der Waals surface area (Å²) in [6.45, 7) is 18.1. The molecule has 0 aliphatic carbocycles. The summed E-state index contributed by atoms with van der Waals surface area (Å²) in [4.78, 5) is 0. The van der Waals surface area contributed by atoms with Gasteiger partial charge in [-0.2, -0.15) is 0 Å². The smallest absolute Gasteiger partial charge is 0 e. The van der Waals surface area contributed by atoms with Crippen LogP contribution in [0.15, 0.2) is 54.6 Å². The van der Waals surface area contributed by atoms with Crippen LogP contribution in [0.1, 0.15) is 44.2 Å². The van der Waals surface area contributed by atoms with Gasteiger partial charge in [0.25, 0.3) is 0 Å². The van der Waals surface area contributed by atoms with Crippen molar-refractivity contribution < 1.29 is 36.1 Å². The van der Waals surface area contributed by atoms with Gasteiger partial charge in [-0.1, -0.05) is 69.2 Å². The molecule has 5 heteroatoms. The number of methoxy groups -OCH3 is 1. The van der Waals surface area contributed by atoms with Gasteiger partial charge in [0.2, 0.25) is 0 Å². The van der Waals surface area contributed by atoms with E-state index in [0.717, 1.165) is 5.75 Å². The van der Waals surface area contributed by atoms with Crippen molar-refractivity contribution in [3.05, 3.63) is 85.7 Å². The van der Waals surface area contributed by atoms with E-state index in [1.807, 2.05) is 0 Å². The Balaban J connectivity index is -0.000000749. The van der Waals surface area contributed by atoms with E-state index >= 15 is 0 Å². The van der Waals surface area contributed by atoms with Crippen LogP contribution in [-0.2, 0) is 36.7 Å². The van der Waals surface area contributed by atoms with Crippen molar-refractivity contribution in [1.82, 2.24) is 0 Å². The van der Waals surface area contributed by atoms with Crippen LogP contribution in [0.5, 0.6) is 5.75 Å². The molecule has 0 spiro atoms. The fourth-order valence-corrected chi connectivity index (χ4v) is 2.75. The van der Waals surface area contributed by atoms with Gasteiger partial charge >= 0.3 is 33.9 Å². The van der Waals surface area contributed by atoms with E-state index in [9.17, 15) is 0 Å². The molecule has 0 bridgehead atoms. The molecule has 2 aromatic carbocycles. The summed E-state index contributed by atoms with van der Waals surface area (Å²) in [5, 5.41) is 0. The minimum atomic E-state index is 0. The second-order valence-corrected chi connectivity index (χ2v) is 5.53. The Bertz CT molecular complexity index is 633. The summed E-state index contributed by atoms with van der Waals surface area (Å²) >= 11 is 0. The van der Waals surface area contributed by atoms with E-state index in [1.54, 1.807) is 7.11 Å². The molecular weight excluding hydrogens is 380 g/mol. The van der Waals surface area contributed by atoms with Crippen LogP contribution in [0.25, 0.3) is 0 Å². The van der Waals surface area contributed by atoms with E-state index < -0.39 is 0 Å². The van der Waals surface area contributed by atoms with Crippen molar-refractivity contribution >= 4 is 0 Å². The summed E-state index contributed by atoms with van der Waals surface area (Å²) < 4.78 is 27.8. The Morgan fingerprint density at radius 1 is 0.815 bits per heavy atom. The minimum Gasteiger partial charge on any atom is 0 e. The largest absolute Gasteiger partial charge is 0 e. The minimum absolute atomic E-state index is 0. The van der Waals surface area contributed by atoms with Crippen LogP contribution >= 0.6 is 0 Å². The molecule has 0 N–H and O–H groups in total. The first-order valence-electron chi connectivity index (χ1n) is 8.02. The fourth-order valence-electron chi connectivity index (χ4n) is 2.75. The number of hydrogen-bond donors (Lipinski definition) is 0. The van der Waals surface area contributed by atoms with E-state index in [1.165, 1.54) is 30.4 Å². The summed E-state index contributed by atoms with van der Waals surface area (Å²) in [6, 6.07) is 19.3. The second-order valence-electron chi connectivity index (χ2n) is 5.53. The van der Waals surface area contributed by atoms with Crippen molar-refractivity contribution in [1.29, 1.82) is 0 Å². The molecule has 0 aromatic heterocycles. The maximum Gasteiger partial charge on any atom is 0 e. The van der Waals surface area contributed by atoms with Crippen LogP contribution < -0.4 is 4.74 Å². The van der Waals surface area contributed by atoms with Crippen molar-refractivity contribution in [2.24, 2.45) is 0 Å². The predicted octanol–water partition coefficient (Wildman–Crippen LogP) is 5.08. The molecule has 1 atom stereocenters. The molecule has 0 unspecified atom stereocenters. The Morgan fingerprint density at radius 3 is 1.67 bits per heavy atom. The molecule has 0 heterocycles. The van der Waals surface area contributed by atoms with E-state index in [2.05, 4.69) is 88.4 Å². The summed E-state index contributed by atoms with van der Waals surface area (Å²) in [5.74, 6) is 0.916. The third-order valence-electron chi connectivity index (χ3n) is 4.17. The van der Waals surface area contributed by atoms with Gasteiger partial charge in [-0.15, -0.1) is 0 Å². The van der Waals surface area contributed by atoms with Gasteiger partial charge in [0.1, 0.15) is 5.75 Å². The van der Waals surface area contributed by atoms with Gasteiger partial charge in [0.15, 0.2) is 0 Å². The maximum absolute atomic E-state index is 7.50. The van der Waals surface area contributed by atoms with Crippen LogP contribution in [-0.4, -0.2) is 7.11 Å². The van der Waals surface area contributed by atoms with Crippen molar-refractivity contribution in [2.45, 2.75) is 38.5 Å². The number of benzene rings is 2. The zero-order valence-electron chi connectivity index (χ0n) is 15.9. The molecular formula is C22H24CrO4. The maximum atomic E-state index is 7.50. The molecule has 0 radical (unpaired) electrons. The van der Waals surface area contributed by atoms with Gasteiger partial charge in [-0.05, 0) is 29.7 Å². The van der Waals surface area contributed by atoms with Gasteiger partial charge in [0.05, 0.1) is 7.11 Å². The van der Waals surface area contributed by atoms with E-state index in [0.29, 0.717) is 0 Å². The van der Waals surface area contributed by atoms with Crippen LogP contribution in [0.4, 0.5) is 0 Å². The molecule has 0 fully saturated rings. The zero-order chi connectivity index (χ0) is 20.4. The van der Waals surface area contributed by atoms with Crippen LogP contribution in [0.2, 0.25) is 0 Å². The Hall–Kier alpha value is -2.01. The molecule has 4 nitrogen and oxygen atoms in total. The molecule has 0 saturated heterocycles. The first-order valence-corrected chi connectivity index (χ1v) is 8.02. The topological polar surface area (TPSA) is 68.9 Å².